The summed E-state index contributed by atoms with van der Waals surface area (Å²) in [5.74, 6) is 1.96. The highest BCUT2D eigenvalue weighted by Gasteiger charge is 2.18. The van der Waals surface area contributed by atoms with Gasteiger partial charge in [-0.05, 0) is 30.3 Å². The largest absolute Gasteiger partial charge is 0.311 e. The normalized spacial score (nSPS) is 10.2. The summed E-state index contributed by atoms with van der Waals surface area (Å²) in [6.45, 7) is 0. The molecule has 0 aliphatic carbocycles. The van der Waals surface area contributed by atoms with Gasteiger partial charge in [-0.2, -0.15) is 0 Å². The van der Waals surface area contributed by atoms with E-state index < -0.39 is 0 Å². The smallest absolute Gasteiger partial charge is 0.269 e. The summed E-state index contributed by atoms with van der Waals surface area (Å²) in [5.41, 5.74) is 1.78. The number of halogens is 1. The van der Waals surface area contributed by atoms with Crippen LogP contribution in [0.25, 0.3) is 10.6 Å². The SMILES string of the molecule is C#Cc1cccc(N(C)C(=O)c2cnc(-c3ccccc3F)s2)c1. The number of thiazole rings is 1. The number of amides is 1. The molecule has 0 aliphatic heterocycles. The van der Waals surface area contributed by atoms with Gasteiger partial charge in [0.15, 0.2) is 0 Å². The van der Waals surface area contributed by atoms with Crippen LogP contribution in [0, 0.1) is 18.2 Å². The molecule has 0 unspecified atom stereocenters. The molecule has 0 spiro atoms. The van der Waals surface area contributed by atoms with Crippen molar-refractivity contribution >= 4 is 22.9 Å². The van der Waals surface area contributed by atoms with E-state index in [0.29, 0.717) is 26.7 Å². The van der Waals surface area contributed by atoms with Crippen molar-refractivity contribution in [3.05, 3.63) is 71.0 Å². The molecule has 1 heterocycles. The predicted molar refractivity (Wildman–Crippen MR) is 94.6 cm³/mol. The van der Waals surface area contributed by atoms with E-state index in [2.05, 4.69) is 10.9 Å². The summed E-state index contributed by atoms with van der Waals surface area (Å²) < 4.78 is 13.8. The van der Waals surface area contributed by atoms with Crippen molar-refractivity contribution in [3.63, 3.8) is 0 Å². The number of hydrogen-bond donors (Lipinski definition) is 0. The summed E-state index contributed by atoms with van der Waals surface area (Å²) in [4.78, 5) is 18.7. The van der Waals surface area contributed by atoms with Crippen LogP contribution >= 0.6 is 11.3 Å². The summed E-state index contributed by atoms with van der Waals surface area (Å²) in [6.07, 6.45) is 6.86. The molecule has 1 amide bonds. The molecule has 3 rings (SSSR count). The first-order chi connectivity index (χ1) is 11.6. The van der Waals surface area contributed by atoms with Crippen molar-refractivity contribution in [1.29, 1.82) is 0 Å². The first-order valence-electron chi connectivity index (χ1n) is 7.15. The van der Waals surface area contributed by atoms with Crippen LogP contribution in [-0.4, -0.2) is 17.9 Å². The minimum absolute atomic E-state index is 0.218. The lowest BCUT2D eigenvalue weighted by Gasteiger charge is -2.16. The molecule has 3 nitrogen and oxygen atoms in total. The zero-order valence-electron chi connectivity index (χ0n) is 12.9. The zero-order chi connectivity index (χ0) is 17.1. The zero-order valence-corrected chi connectivity index (χ0v) is 13.7. The van der Waals surface area contributed by atoms with Gasteiger partial charge >= 0.3 is 0 Å². The van der Waals surface area contributed by atoms with Crippen LogP contribution in [0.2, 0.25) is 0 Å². The van der Waals surface area contributed by atoms with Crippen molar-refractivity contribution in [3.8, 4) is 22.9 Å². The van der Waals surface area contributed by atoms with Gasteiger partial charge in [-0.3, -0.25) is 4.79 Å². The molecule has 2 aromatic carbocycles. The van der Waals surface area contributed by atoms with Gasteiger partial charge in [0, 0.05) is 23.9 Å². The van der Waals surface area contributed by atoms with Crippen LogP contribution in [0.1, 0.15) is 15.2 Å². The average molecular weight is 336 g/mol. The van der Waals surface area contributed by atoms with Crippen LogP contribution in [0.5, 0.6) is 0 Å². The predicted octanol–water partition coefficient (Wildman–Crippen LogP) is 4.21. The van der Waals surface area contributed by atoms with Gasteiger partial charge in [0.2, 0.25) is 0 Å². The van der Waals surface area contributed by atoms with Gasteiger partial charge in [0.25, 0.3) is 5.91 Å². The average Bonchev–Trinajstić information content (AvgIpc) is 3.10. The van der Waals surface area contributed by atoms with E-state index >= 15 is 0 Å². The van der Waals surface area contributed by atoms with Crippen LogP contribution < -0.4 is 4.90 Å². The van der Waals surface area contributed by atoms with Crippen molar-refractivity contribution < 1.29 is 9.18 Å². The number of anilines is 1. The lowest BCUT2D eigenvalue weighted by molar-refractivity contribution is 0.0996. The Balaban J connectivity index is 1.88. The number of rotatable bonds is 3. The molecule has 24 heavy (non-hydrogen) atoms. The summed E-state index contributed by atoms with van der Waals surface area (Å²) in [6, 6.07) is 13.5. The standard InChI is InChI=1S/C19H13FN2OS/c1-3-13-7-6-8-14(11-13)22(2)19(23)17-12-21-18(24-17)15-9-4-5-10-16(15)20/h1,4-12H,2H3. The van der Waals surface area contributed by atoms with E-state index in [1.54, 1.807) is 49.5 Å². The number of carbonyl (C=O) groups excluding carboxylic acids is 1. The van der Waals surface area contributed by atoms with Gasteiger partial charge in [-0.25, -0.2) is 9.37 Å². The number of nitrogens with zero attached hydrogens (tertiary/aromatic N) is 2. The Morgan fingerprint density at radius 2 is 2.04 bits per heavy atom. The van der Waals surface area contributed by atoms with Gasteiger partial charge in [-0.1, -0.05) is 24.1 Å². The Morgan fingerprint density at radius 1 is 1.25 bits per heavy atom. The highest BCUT2D eigenvalue weighted by Crippen LogP contribution is 2.28. The lowest BCUT2D eigenvalue weighted by Crippen LogP contribution is -2.25. The summed E-state index contributed by atoms with van der Waals surface area (Å²) >= 11 is 1.16. The van der Waals surface area contributed by atoms with E-state index in [4.69, 9.17) is 6.42 Å². The Bertz CT molecular complexity index is 942. The van der Waals surface area contributed by atoms with Gasteiger partial charge in [-0.15, -0.1) is 17.8 Å². The van der Waals surface area contributed by atoms with Crippen LogP contribution in [0.4, 0.5) is 10.1 Å². The minimum Gasteiger partial charge on any atom is -0.311 e. The van der Waals surface area contributed by atoms with E-state index in [0.717, 1.165) is 11.3 Å². The topological polar surface area (TPSA) is 33.2 Å². The Labute approximate surface area is 143 Å². The maximum Gasteiger partial charge on any atom is 0.269 e. The van der Waals surface area contributed by atoms with Gasteiger partial charge in [0.05, 0.1) is 6.20 Å². The number of benzene rings is 2. The number of terminal acetylenes is 1. The van der Waals surface area contributed by atoms with Crippen molar-refractivity contribution in [2.75, 3.05) is 11.9 Å². The van der Waals surface area contributed by atoms with E-state index in [9.17, 15) is 9.18 Å². The quantitative estimate of drug-likeness (QED) is 0.671. The van der Waals surface area contributed by atoms with Crippen molar-refractivity contribution in [1.82, 2.24) is 4.98 Å². The fourth-order valence-electron chi connectivity index (χ4n) is 2.22. The molecule has 0 aliphatic rings. The van der Waals surface area contributed by atoms with Crippen LogP contribution in [0.3, 0.4) is 0 Å². The molecule has 0 radical (unpaired) electrons. The fraction of sp³-hybridized carbons (Fsp3) is 0.0526. The highest BCUT2D eigenvalue weighted by atomic mass is 32.1. The summed E-state index contributed by atoms with van der Waals surface area (Å²) in [5, 5.41) is 0.474. The molecule has 0 N–H and O–H groups in total. The van der Waals surface area contributed by atoms with Gasteiger partial charge in [0.1, 0.15) is 15.7 Å². The highest BCUT2D eigenvalue weighted by molar-refractivity contribution is 7.17. The third kappa shape index (κ3) is 3.05. The maximum atomic E-state index is 13.8. The fourth-order valence-corrected chi connectivity index (χ4v) is 3.14. The third-order valence-corrected chi connectivity index (χ3v) is 4.54. The second-order valence-corrected chi connectivity index (χ2v) is 6.10. The van der Waals surface area contributed by atoms with E-state index in [-0.39, 0.29) is 11.7 Å². The third-order valence-electron chi connectivity index (χ3n) is 3.53. The molecule has 0 fully saturated rings. The molecule has 118 valence electrons. The molecular weight excluding hydrogens is 323 g/mol. The first-order valence-corrected chi connectivity index (χ1v) is 7.97. The molecular formula is C19H13FN2OS. The van der Waals surface area contributed by atoms with Crippen molar-refractivity contribution in [2.45, 2.75) is 0 Å². The second kappa shape index (κ2) is 6.65. The number of aromatic nitrogens is 1. The molecule has 0 saturated heterocycles. The lowest BCUT2D eigenvalue weighted by atomic mass is 10.2. The molecule has 1 aromatic heterocycles. The second-order valence-electron chi connectivity index (χ2n) is 5.07. The maximum absolute atomic E-state index is 13.8. The minimum atomic E-state index is -0.360. The number of carbonyl (C=O) groups is 1. The summed E-state index contributed by atoms with van der Waals surface area (Å²) in [7, 11) is 1.67. The Kier molecular flexibility index (Phi) is 4.41. The Morgan fingerprint density at radius 3 is 2.79 bits per heavy atom. The molecule has 0 atom stereocenters. The van der Waals surface area contributed by atoms with E-state index in [1.807, 2.05) is 0 Å². The van der Waals surface area contributed by atoms with Crippen LogP contribution in [-0.2, 0) is 0 Å². The van der Waals surface area contributed by atoms with E-state index in [1.165, 1.54) is 17.2 Å². The first kappa shape index (κ1) is 15.9. The molecule has 3 aromatic rings. The van der Waals surface area contributed by atoms with Crippen LogP contribution in [0.15, 0.2) is 54.7 Å². The molecule has 5 heteroatoms. The molecule has 0 bridgehead atoms. The van der Waals surface area contributed by atoms with Gasteiger partial charge < -0.3 is 4.90 Å². The monoisotopic (exact) mass is 336 g/mol. The Hall–Kier alpha value is -2.97. The van der Waals surface area contributed by atoms with Crippen molar-refractivity contribution in [2.24, 2.45) is 0 Å². The molecule has 0 saturated carbocycles. The number of hydrogen-bond acceptors (Lipinski definition) is 3.